The van der Waals surface area contributed by atoms with Gasteiger partial charge in [-0.2, -0.15) is 0 Å². The van der Waals surface area contributed by atoms with Crippen molar-refractivity contribution < 1.29 is 0 Å². The summed E-state index contributed by atoms with van der Waals surface area (Å²) < 4.78 is 0. The fourth-order valence-electron chi connectivity index (χ4n) is 2.57. The molecule has 0 aliphatic heterocycles. The molecule has 13 heavy (non-hydrogen) atoms. The average Bonchev–Trinajstić information content (AvgIpc) is 2.04. The largest absolute Gasteiger partial charge is 0.319 e. The van der Waals surface area contributed by atoms with Crippen LogP contribution in [-0.4, -0.2) is 38.6 Å². The van der Waals surface area contributed by atoms with E-state index in [-0.39, 0.29) is 0 Å². The Morgan fingerprint density at radius 1 is 1.46 bits per heavy atom. The standard InChI is InChI=1S/C11H24N2/c1-11(9-12-2)7-5-6-10(8-11)13(3)4/h10,12H,5-9H2,1-4H3. The van der Waals surface area contributed by atoms with Gasteiger partial charge in [-0.05, 0) is 45.8 Å². The molecule has 2 atom stereocenters. The van der Waals surface area contributed by atoms with Crippen LogP contribution < -0.4 is 5.32 Å². The molecular formula is C11H24N2. The summed E-state index contributed by atoms with van der Waals surface area (Å²) in [4.78, 5) is 2.38. The first-order valence-electron chi connectivity index (χ1n) is 5.38. The van der Waals surface area contributed by atoms with Gasteiger partial charge in [0.2, 0.25) is 0 Å². The summed E-state index contributed by atoms with van der Waals surface area (Å²) >= 11 is 0. The van der Waals surface area contributed by atoms with E-state index in [1.54, 1.807) is 0 Å². The number of rotatable bonds is 3. The first-order valence-corrected chi connectivity index (χ1v) is 5.38. The lowest BCUT2D eigenvalue weighted by molar-refractivity contribution is 0.118. The molecule has 0 bridgehead atoms. The van der Waals surface area contributed by atoms with E-state index in [0.717, 1.165) is 12.6 Å². The minimum Gasteiger partial charge on any atom is -0.319 e. The highest BCUT2D eigenvalue weighted by Crippen LogP contribution is 2.36. The van der Waals surface area contributed by atoms with Gasteiger partial charge in [-0.15, -0.1) is 0 Å². The smallest absolute Gasteiger partial charge is 0.00948 e. The molecule has 2 nitrogen and oxygen atoms in total. The molecule has 1 aliphatic carbocycles. The van der Waals surface area contributed by atoms with E-state index in [4.69, 9.17) is 0 Å². The Morgan fingerprint density at radius 3 is 2.69 bits per heavy atom. The molecule has 1 aliphatic rings. The predicted molar refractivity (Wildman–Crippen MR) is 58.0 cm³/mol. The molecular weight excluding hydrogens is 160 g/mol. The topological polar surface area (TPSA) is 15.3 Å². The number of hydrogen-bond donors (Lipinski definition) is 1. The fourth-order valence-corrected chi connectivity index (χ4v) is 2.57. The molecule has 0 heterocycles. The van der Waals surface area contributed by atoms with Gasteiger partial charge in [0.05, 0.1) is 0 Å². The Kier molecular flexibility index (Phi) is 3.74. The van der Waals surface area contributed by atoms with Gasteiger partial charge in [-0.25, -0.2) is 0 Å². The van der Waals surface area contributed by atoms with Crippen LogP contribution >= 0.6 is 0 Å². The highest BCUT2D eigenvalue weighted by Gasteiger charge is 2.32. The second kappa shape index (κ2) is 4.43. The summed E-state index contributed by atoms with van der Waals surface area (Å²) in [6.45, 7) is 3.58. The zero-order valence-corrected chi connectivity index (χ0v) is 9.56. The van der Waals surface area contributed by atoms with Crippen molar-refractivity contribution in [1.29, 1.82) is 0 Å². The maximum absolute atomic E-state index is 3.32. The lowest BCUT2D eigenvalue weighted by Gasteiger charge is -2.40. The fraction of sp³-hybridized carbons (Fsp3) is 1.00. The van der Waals surface area contributed by atoms with Crippen molar-refractivity contribution in [3.8, 4) is 0 Å². The Bertz CT molecular complexity index is 152. The molecule has 2 heteroatoms. The lowest BCUT2D eigenvalue weighted by atomic mass is 9.73. The van der Waals surface area contributed by atoms with Crippen LogP contribution in [0.3, 0.4) is 0 Å². The van der Waals surface area contributed by atoms with Gasteiger partial charge in [0.1, 0.15) is 0 Å². The molecule has 0 saturated heterocycles. The quantitative estimate of drug-likeness (QED) is 0.718. The maximum atomic E-state index is 3.32. The second-order valence-electron chi connectivity index (χ2n) is 5.05. The molecule has 0 aromatic carbocycles. The predicted octanol–water partition coefficient (Wildman–Crippen LogP) is 1.72. The Balaban J connectivity index is 2.49. The Hall–Kier alpha value is -0.0800. The summed E-state index contributed by atoms with van der Waals surface area (Å²) in [7, 11) is 6.47. The van der Waals surface area contributed by atoms with Gasteiger partial charge in [0.15, 0.2) is 0 Å². The molecule has 1 N–H and O–H groups in total. The van der Waals surface area contributed by atoms with Gasteiger partial charge in [0.25, 0.3) is 0 Å². The molecule has 1 rings (SSSR count). The summed E-state index contributed by atoms with van der Waals surface area (Å²) in [5, 5.41) is 3.32. The average molecular weight is 184 g/mol. The Labute approximate surface area is 82.7 Å². The molecule has 2 unspecified atom stereocenters. The van der Waals surface area contributed by atoms with Crippen molar-refractivity contribution in [2.45, 2.75) is 38.6 Å². The van der Waals surface area contributed by atoms with Crippen LogP contribution in [0.25, 0.3) is 0 Å². The third kappa shape index (κ3) is 2.96. The van der Waals surface area contributed by atoms with Crippen LogP contribution in [0.15, 0.2) is 0 Å². The maximum Gasteiger partial charge on any atom is 0.00948 e. The molecule has 1 saturated carbocycles. The summed E-state index contributed by atoms with van der Waals surface area (Å²) in [5.74, 6) is 0. The summed E-state index contributed by atoms with van der Waals surface area (Å²) in [6.07, 6.45) is 5.51. The van der Waals surface area contributed by atoms with Crippen molar-refractivity contribution in [3.63, 3.8) is 0 Å². The normalized spacial score (nSPS) is 35.3. The van der Waals surface area contributed by atoms with E-state index >= 15 is 0 Å². The van der Waals surface area contributed by atoms with Crippen LogP contribution in [0.5, 0.6) is 0 Å². The third-order valence-corrected chi connectivity index (χ3v) is 3.38. The van der Waals surface area contributed by atoms with Gasteiger partial charge in [-0.1, -0.05) is 13.3 Å². The number of nitrogens with zero attached hydrogens (tertiary/aromatic N) is 1. The van der Waals surface area contributed by atoms with Gasteiger partial charge >= 0.3 is 0 Å². The van der Waals surface area contributed by atoms with Crippen LogP contribution in [-0.2, 0) is 0 Å². The van der Waals surface area contributed by atoms with Crippen molar-refractivity contribution in [2.75, 3.05) is 27.7 Å². The molecule has 78 valence electrons. The molecule has 0 amide bonds. The van der Waals surface area contributed by atoms with E-state index < -0.39 is 0 Å². The lowest BCUT2D eigenvalue weighted by Crippen LogP contribution is -2.41. The highest BCUT2D eigenvalue weighted by molar-refractivity contribution is 4.87. The molecule has 0 spiro atoms. The first kappa shape index (κ1) is 11.0. The number of nitrogens with one attached hydrogen (secondary N) is 1. The summed E-state index contributed by atoms with van der Waals surface area (Å²) in [5.41, 5.74) is 0.530. The minimum atomic E-state index is 0.530. The van der Waals surface area contributed by atoms with Gasteiger partial charge in [-0.3, -0.25) is 0 Å². The van der Waals surface area contributed by atoms with Crippen molar-refractivity contribution >= 4 is 0 Å². The first-order chi connectivity index (χ1) is 6.07. The van der Waals surface area contributed by atoms with Gasteiger partial charge in [0, 0.05) is 12.6 Å². The second-order valence-corrected chi connectivity index (χ2v) is 5.05. The van der Waals surface area contributed by atoms with E-state index in [0.29, 0.717) is 5.41 Å². The van der Waals surface area contributed by atoms with Crippen molar-refractivity contribution in [3.05, 3.63) is 0 Å². The van der Waals surface area contributed by atoms with Gasteiger partial charge < -0.3 is 10.2 Å². The molecule has 0 aromatic rings. The van der Waals surface area contributed by atoms with Crippen LogP contribution in [0.2, 0.25) is 0 Å². The molecule has 0 radical (unpaired) electrons. The summed E-state index contributed by atoms with van der Waals surface area (Å²) in [6, 6.07) is 0.798. The Morgan fingerprint density at radius 2 is 2.15 bits per heavy atom. The van der Waals surface area contributed by atoms with Crippen molar-refractivity contribution in [1.82, 2.24) is 10.2 Å². The molecule has 1 fully saturated rings. The van der Waals surface area contributed by atoms with Crippen LogP contribution in [0.4, 0.5) is 0 Å². The van der Waals surface area contributed by atoms with E-state index in [2.05, 4.69) is 38.3 Å². The van der Waals surface area contributed by atoms with Crippen LogP contribution in [0.1, 0.15) is 32.6 Å². The SMILES string of the molecule is CNCC1(C)CCCC(N(C)C)C1. The molecule has 0 aromatic heterocycles. The zero-order chi connectivity index (χ0) is 9.90. The van der Waals surface area contributed by atoms with Crippen LogP contribution in [0, 0.1) is 5.41 Å². The monoisotopic (exact) mass is 184 g/mol. The third-order valence-electron chi connectivity index (χ3n) is 3.38. The van der Waals surface area contributed by atoms with E-state index in [1.165, 1.54) is 25.7 Å². The number of hydrogen-bond acceptors (Lipinski definition) is 2. The van der Waals surface area contributed by atoms with Crippen molar-refractivity contribution in [2.24, 2.45) is 5.41 Å². The zero-order valence-electron chi connectivity index (χ0n) is 9.56. The minimum absolute atomic E-state index is 0.530. The highest BCUT2D eigenvalue weighted by atomic mass is 15.1. The van der Waals surface area contributed by atoms with E-state index in [1.807, 2.05) is 0 Å². The van der Waals surface area contributed by atoms with E-state index in [9.17, 15) is 0 Å².